The molecule has 0 saturated carbocycles. The van der Waals surface area contributed by atoms with E-state index in [4.69, 9.17) is 9.84 Å². The van der Waals surface area contributed by atoms with Crippen LogP contribution in [-0.4, -0.2) is 16.1 Å². The summed E-state index contributed by atoms with van der Waals surface area (Å²) in [6, 6.07) is 11.6. The maximum absolute atomic E-state index is 10.4. The number of hydrogen-bond donors (Lipinski definition) is 1. The number of carboxylic acids is 1. The number of pyridine rings is 1. The lowest BCUT2D eigenvalue weighted by Crippen LogP contribution is -1.96. The van der Waals surface area contributed by atoms with Gasteiger partial charge >= 0.3 is 5.97 Å². The molecular weight excluding hydrogens is 254 g/mol. The molecule has 0 amide bonds. The Hall–Kier alpha value is -2.62. The van der Waals surface area contributed by atoms with Gasteiger partial charge in [-0.1, -0.05) is 29.8 Å². The third-order valence-corrected chi connectivity index (χ3v) is 2.64. The lowest BCUT2D eigenvalue weighted by Gasteiger charge is -2.06. The van der Waals surface area contributed by atoms with Gasteiger partial charge in [0.2, 0.25) is 0 Å². The van der Waals surface area contributed by atoms with E-state index in [1.807, 2.05) is 25.1 Å². The Morgan fingerprint density at radius 2 is 2.20 bits per heavy atom. The summed E-state index contributed by atoms with van der Waals surface area (Å²) in [5.41, 5.74) is 2.87. The number of benzene rings is 1. The number of hydrogen-bond acceptors (Lipinski definition) is 3. The second-order valence-electron chi connectivity index (χ2n) is 4.37. The van der Waals surface area contributed by atoms with Gasteiger partial charge in [0, 0.05) is 6.08 Å². The van der Waals surface area contributed by atoms with Gasteiger partial charge in [0.1, 0.15) is 12.4 Å². The molecule has 0 saturated heterocycles. The van der Waals surface area contributed by atoms with Gasteiger partial charge in [0.15, 0.2) is 0 Å². The lowest BCUT2D eigenvalue weighted by atomic mass is 10.1. The number of nitrogens with zero attached hydrogens (tertiary/aromatic N) is 1. The van der Waals surface area contributed by atoms with Crippen LogP contribution in [0.5, 0.6) is 5.75 Å². The number of rotatable bonds is 5. The molecule has 1 aromatic carbocycles. The Bertz CT molecular complexity index is 618. The molecule has 0 radical (unpaired) electrons. The van der Waals surface area contributed by atoms with Crippen molar-refractivity contribution in [3.63, 3.8) is 0 Å². The fourth-order valence-electron chi connectivity index (χ4n) is 1.70. The second-order valence-corrected chi connectivity index (χ2v) is 4.37. The van der Waals surface area contributed by atoms with Crippen molar-refractivity contribution in [1.82, 2.24) is 4.98 Å². The summed E-state index contributed by atoms with van der Waals surface area (Å²) < 4.78 is 5.62. The average molecular weight is 269 g/mol. The summed E-state index contributed by atoms with van der Waals surface area (Å²) in [5.74, 6) is -0.342. The molecule has 1 N–H and O–H groups in total. The predicted octanol–water partition coefficient (Wildman–Crippen LogP) is 3.07. The summed E-state index contributed by atoms with van der Waals surface area (Å²) >= 11 is 0. The molecule has 0 aliphatic carbocycles. The van der Waals surface area contributed by atoms with Crippen molar-refractivity contribution in [3.05, 3.63) is 65.5 Å². The second kappa shape index (κ2) is 6.52. The molecular formula is C16H15NO3. The number of carbonyl (C=O) groups is 1. The van der Waals surface area contributed by atoms with Gasteiger partial charge in [-0.15, -0.1) is 0 Å². The molecule has 102 valence electrons. The van der Waals surface area contributed by atoms with Crippen LogP contribution in [-0.2, 0) is 11.4 Å². The highest BCUT2D eigenvalue weighted by Gasteiger charge is 1.98. The maximum atomic E-state index is 10.4. The van der Waals surface area contributed by atoms with E-state index in [0.29, 0.717) is 18.1 Å². The smallest absolute Gasteiger partial charge is 0.328 e. The van der Waals surface area contributed by atoms with Crippen molar-refractivity contribution in [3.8, 4) is 5.75 Å². The van der Waals surface area contributed by atoms with Gasteiger partial charge in [0.25, 0.3) is 0 Å². The highest BCUT2D eigenvalue weighted by atomic mass is 16.5. The first kappa shape index (κ1) is 13.8. The molecule has 0 fully saturated rings. The highest BCUT2D eigenvalue weighted by molar-refractivity contribution is 5.84. The van der Waals surface area contributed by atoms with Crippen molar-refractivity contribution in [2.24, 2.45) is 0 Å². The van der Waals surface area contributed by atoms with Crippen LogP contribution in [0.25, 0.3) is 6.08 Å². The maximum Gasteiger partial charge on any atom is 0.328 e. The molecule has 2 rings (SSSR count). The van der Waals surface area contributed by atoms with E-state index in [1.54, 1.807) is 18.3 Å². The fraction of sp³-hybridized carbons (Fsp3) is 0.125. The molecule has 0 spiro atoms. The van der Waals surface area contributed by atoms with E-state index >= 15 is 0 Å². The summed E-state index contributed by atoms with van der Waals surface area (Å²) in [6.07, 6.45) is 4.07. The molecule has 2 aromatic rings. The Morgan fingerprint density at radius 1 is 1.35 bits per heavy atom. The standard InChI is InChI=1S/C16H15NO3/c1-12-3-2-4-13(9-12)11-20-15-7-5-14(17-10-15)6-8-16(18)19/h2-10H,11H2,1H3,(H,18,19). The van der Waals surface area contributed by atoms with Crippen LogP contribution in [0.3, 0.4) is 0 Å². The van der Waals surface area contributed by atoms with Gasteiger partial charge in [-0.2, -0.15) is 0 Å². The van der Waals surface area contributed by atoms with Gasteiger partial charge < -0.3 is 9.84 Å². The number of ether oxygens (including phenoxy) is 1. The number of carboxylic acid groups (broad SMARTS) is 1. The molecule has 1 aromatic heterocycles. The minimum Gasteiger partial charge on any atom is -0.487 e. The predicted molar refractivity (Wildman–Crippen MR) is 76.4 cm³/mol. The van der Waals surface area contributed by atoms with Gasteiger partial charge in [-0.05, 0) is 30.7 Å². The lowest BCUT2D eigenvalue weighted by molar-refractivity contribution is -0.131. The molecule has 0 atom stereocenters. The number of aromatic nitrogens is 1. The molecule has 0 aliphatic rings. The molecule has 1 heterocycles. The normalized spacial score (nSPS) is 10.7. The van der Waals surface area contributed by atoms with Crippen molar-refractivity contribution in [2.45, 2.75) is 13.5 Å². The monoisotopic (exact) mass is 269 g/mol. The molecule has 0 aliphatic heterocycles. The Kier molecular flexibility index (Phi) is 4.50. The third-order valence-electron chi connectivity index (χ3n) is 2.64. The van der Waals surface area contributed by atoms with Gasteiger partial charge in [-0.3, -0.25) is 4.98 Å². The van der Waals surface area contributed by atoms with Gasteiger partial charge in [-0.25, -0.2) is 4.79 Å². The zero-order valence-electron chi connectivity index (χ0n) is 11.1. The average Bonchev–Trinajstić information content (AvgIpc) is 2.44. The van der Waals surface area contributed by atoms with Crippen LogP contribution in [0.4, 0.5) is 0 Å². The highest BCUT2D eigenvalue weighted by Crippen LogP contribution is 2.13. The van der Waals surface area contributed by atoms with Crippen molar-refractivity contribution in [2.75, 3.05) is 0 Å². The Morgan fingerprint density at radius 3 is 2.85 bits per heavy atom. The van der Waals surface area contributed by atoms with Crippen LogP contribution in [0.15, 0.2) is 48.7 Å². The molecule has 0 bridgehead atoms. The molecule has 4 heteroatoms. The molecule has 4 nitrogen and oxygen atoms in total. The van der Waals surface area contributed by atoms with E-state index in [9.17, 15) is 4.79 Å². The Labute approximate surface area is 117 Å². The van der Waals surface area contributed by atoms with Crippen molar-refractivity contribution < 1.29 is 14.6 Å². The van der Waals surface area contributed by atoms with E-state index in [-0.39, 0.29) is 0 Å². The van der Waals surface area contributed by atoms with E-state index in [0.717, 1.165) is 11.6 Å². The summed E-state index contributed by atoms with van der Waals surface area (Å²) in [7, 11) is 0. The van der Waals surface area contributed by atoms with Crippen LogP contribution in [0.1, 0.15) is 16.8 Å². The van der Waals surface area contributed by atoms with Crippen molar-refractivity contribution in [1.29, 1.82) is 0 Å². The van der Waals surface area contributed by atoms with Crippen LogP contribution >= 0.6 is 0 Å². The van der Waals surface area contributed by atoms with E-state index in [1.165, 1.54) is 11.6 Å². The fourth-order valence-corrected chi connectivity index (χ4v) is 1.70. The first-order valence-electron chi connectivity index (χ1n) is 6.19. The molecule has 20 heavy (non-hydrogen) atoms. The summed E-state index contributed by atoms with van der Waals surface area (Å²) in [4.78, 5) is 14.5. The van der Waals surface area contributed by atoms with E-state index in [2.05, 4.69) is 11.1 Å². The molecule has 0 unspecified atom stereocenters. The summed E-state index contributed by atoms with van der Waals surface area (Å²) in [5, 5.41) is 8.52. The van der Waals surface area contributed by atoms with Crippen LogP contribution in [0.2, 0.25) is 0 Å². The first-order valence-corrected chi connectivity index (χ1v) is 6.19. The zero-order chi connectivity index (χ0) is 14.4. The topological polar surface area (TPSA) is 59.4 Å². The van der Waals surface area contributed by atoms with Crippen molar-refractivity contribution >= 4 is 12.0 Å². The third kappa shape index (κ3) is 4.24. The van der Waals surface area contributed by atoms with Crippen LogP contribution in [0, 0.1) is 6.92 Å². The first-order chi connectivity index (χ1) is 9.63. The summed E-state index contributed by atoms with van der Waals surface area (Å²) in [6.45, 7) is 2.52. The van der Waals surface area contributed by atoms with Crippen LogP contribution < -0.4 is 4.74 Å². The minimum atomic E-state index is -0.994. The number of aryl methyl sites for hydroxylation is 1. The largest absolute Gasteiger partial charge is 0.487 e. The Balaban J connectivity index is 1.95. The zero-order valence-corrected chi connectivity index (χ0v) is 11.1. The van der Waals surface area contributed by atoms with E-state index < -0.39 is 5.97 Å². The number of aliphatic carboxylic acids is 1. The minimum absolute atomic E-state index is 0.480. The van der Waals surface area contributed by atoms with Gasteiger partial charge in [0.05, 0.1) is 11.9 Å². The quantitative estimate of drug-likeness (QED) is 0.847. The SMILES string of the molecule is Cc1cccc(COc2ccc(C=CC(=O)O)nc2)c1.